The van der Waals surface area contributed by atoms with Crippen LogP contribution in [0, 0.1) is 10.1 Å². The molecule has 0 radical (unpaired) electrons. The minimum absolute atomic E-state index is 0.110. The molecule has 0 bridgehead atoms. The molecule has 0 saturated heterocycles. The van der Waals surface area contributed by atoms with E-state index in [2.05, 4.69) is 6.92 Å². The number of aliphatic carboxylic acids is 2. The molecule has 194 valence electrons. The lowest BCUT2D eigenvalue weighted by Crippen LogP contribution is -2.39. The maximum Gasteiger partial charge on any atom is 0.303 e. The van der Waals surface area contributed by atoms with Crippen LogP contribution in [0.15, 0.2) is 0 Å². The van der Waals surface area contributed by atoms with Crippen LogP contribution in [-0.4, -0.2) is 32.6 Å². The van der Waals surface area contributed by atoms with Crippen molar-refractivity contribution in [2.24, 2.45) is 0 Å². The Morgan fingerprint density at radius 3 is 1.18 bits per heavy atom. The molecule has 0 aromatic carbocycles. The van der Waals surface area contributed by atoms with Crippen LogP contribution in [0.4, 0.5) is 0 Å². The van der Waals surface area contributed by atoms with Gasteiger partial charge in [-0.3, -0.25) is 19.7 Å². The highest BCUT2D eigenvalue weighted by molar-refractivity contribution is 5.67. The molecule has 7 nitrogen and oxygen atoms in total. The molecule has 0 rings (SSSR count). The molecule has 0 aliphatic carbocycles. The minimum atomic E-state index is -1.44. The van der Waals surface area contributed by atoms with Crippen molar-refractivity contribution >= 4 is 11.9 Å². The maximum atomic E-state index is 11.7. The molecular formula is C26H49NO6. The summed E-state index contributed by atoms with van der Waals surface area (Å²) < 4.78 is 0. The first-order chi connectivity index (χ1) is 15.8. The number of nitrogens with zero attached hydrogens (tertiary/aromatic N) is 1. The molecule has 0 aromatic heterocycles. The Labute approximate surface area is 200 Å². The van der Waals surface area contributed by atoms with Crippen molar-refractivity contribution in [2.45, 2.75) is 154 Å². The summed E-state index contributed by atoms with van der Waals surface area (Å²) in [7, 11) is 0. The van der Waals surface area contributed by atoms with Crippen molar-refractivity contribution in [1.82, 2.24) is 0 Å². The second kappa shape index (κ2) is 20.9. The highest BCUT2D eigenvalue weighted by Gasteiger charge is 2.42. The third kappa shape index (κ3) is 18.5. The summed E-state index contributed by atoms with van der Waals surface area (Å²) in [6, 6.07) is 0. The van der Waals surface area contributed by atoms with E-state index in [1.807, 2.05) is 0 Å². The van der Waals surface area contributed by atoms with E-state index < -0.39 is 22.4 Å². The summed E-state index contributed by atoms with van der Waals surface area (Å²) in [6.45, 7) is 2.25. The van der Waals surface area contributed by atoms with Gasteiger partial charge in [-0.25, -0.2) is 0 Å². The van der Waals surface area contributed by atoms with Crippen molar-refractivity contribution in [1.29, 1.82) is 0 Å². The highest BCUT2D eigenvalue weighted by Crippen LogP contribution is 2.30. The van der Waals surface area contributed by atoms with E-state index >= 15 is 0 Å². The summed E-state index contributed by atoms with van der Waals surface area (Å²) in [5.41, 5.74) is -1.44. The van der Waals surface area contributed by atoms with E-state index in [9.17, 15) is 19.7 Å². The minimum Gasteiger partial charge on any atom is -0.481 e. The molecule has 0 fully saturated rings. The zero-order valence-corrected chi connectivity index (χ0v) is 21.0. The number of carboxylic acids is 2. The van der Waals surface area contributed by atoms with Crippen LogP contribution in [0.25, 0.3) is 0 Å². The van der Waals surface area contributed by atoms with Crippen molar-refractivity contribution in [2.75, 3.05) is 0 Å². The van der Waals surface area contributed by atoms with Gasteiger partial charge in [0.2, 0.25) is 5.54 Å². The maximum absolute atomic E-state index is 11.7. The van der Waals surface area contributed by atoms with Crippen LogP contribution >= 0.6 is 0 Å². The summed E-state index contributed by atoms with van der Waals surface area (Å²) in [5, 5.41) is 29.5. The molecule has 7 heteroatoms. The molecule has 0 atom stereocenters. The van der Waals surface area contributed by atoms with Gasteiger partial charge in [0, 0.05) is 24.2 Å². The first-order valence-corrected chi connectivity index (χ1v) is 13.4. The monoisotopic (exact) mass is 471 g/mol. The van der Waals surface area contributed by atoms with Gasteiger partial charge in [-0.1, -0.05) is 110 Å². The van der Waals surface area contributed by atoms with Crippen LogP contribution in [0.3, 0.4) is 0 Å². The number of hydrogen-bond acceptors (Lipinski definition) is 4. The van der Waals surface area contributed by atoms with Gasteiger partial charge in [0.1, 0.15) is 0 Å². The number of rotatable bonds is 25. The Morgan fingerprint density at radius 1 is 0.606 bits per heavy atom. The van der Waals surface area contributed by atoms with Crippen LogP contribution in [0.5, 0.6) is 0 Å². The lowest BCUT2D eigenvalue weighted by Gasteiger charge is -2.24. The molecule has 2 N–H and O–H groups in total. The normalized spacial score (nSPS) is 11.5. The summed E-state index contributed by atoms with van der Waals surface area (Å²) in [6.07, 6.45) is 20.4. The molecule has 0 saturated carbocycles. The summed E-state index contributed by atoms with van der Waals surface area (Å²) >= 11 is 0. The lowest BCUT2D eigenvalue weighted by molar-refractivity contribution is -0.574. The first kappa shape index (κ1) is 31.3. The predicted octanol–water partition coefficient (Wildman–Crippen LogP) is 7.77. The van der Waals surface area contributed by atoms with Gasteiger partial charge in [-0.05, 0) is 6.42 Å². The average molecular weight is 472 g/mol. The average Bonchev–Trinajstić information content (AvgIpc) is 2.76. The molecule has 0 aliphatic heterocycles. The molecular weight excluding hydrogens is 422 g/mol. The predicted molar refractivity (Wildman–Crippen MR) is 132 cm³/mol. The first-order valence-electron chi connectivity index (χ1n) is 13.4. The van der Waals surface area contributed by atoms with Gasteiger partial charge in [0.15, 0.2) is 0 Å². The standard InChI is InChI=1S/C26H49NO6/c1-2-3-4-5-6-7-8-9-10-11-12-13-14-15-16-17-18-21-26(27(32)33,22-19-24(28)29)23-20-25(30)31/h2-23H2,1H3,(H,28,29)(H,30,31). The second-order valence-corrected chi connectivity index (χ2v) is 9.68. The number of hydrogen-bond donors (Lipinski definition) is 2. The fourth-order valence-corrected chi connectivity index (χ4v) is 4.51. The van der Waals surface area contributed by atoms with E-state index in [1.54, 1.807) is 0 Å². The van der Waals surface area contributed by atoms with E-state index in [-0.39, 0.29) is 32.1 Å². The van der Waals surface area contributed by atoms with E-state index in [0.717, 1.165) is 19.3 Å². The summed E-state index contributed by atoms with van der Waals surface area (Å²) in [5.74, 6) is -2.17. The van der Waals surface area contributed by atoms with E-state index in [1.165, 1.54) is 83.5 Å². The quantitative estimate of drug-likeness (QED) is 0.0797. The van der Waals surface area contributed by atoms with Gasteiger partial charge >= 0.3 is 11.9 Å². The smallest absolute Gasteiger partial charge is 0.303 e. The van der Waals surface area contributed by atoms with E-state index in [0.29, 0.717) is 6.42 Å². The van der Waals surface area contributed by atoms with Gasteiger partial charge < -0.3 is 10.2 Å². The number of unbranched alkanes of at least 4 members (excludes halogenated alkanes) is 16. The molecule has 0 unspecified atom stereocenters. The van der Waals surface area contributed by atoms with Gasteiger partial charge in [0.05, 0.1) is 12.8 Å². The molecule has 33 heavy (non-hydrogen) atoms. The Balaban J connectivity index is 3.82. The van der Waals surface area contributed by atoms with Crippen LogP contribution in [0.1, 0.15) is 148 Å². The SMILES string of the molecule is CCCCCCCCCCCCCCCCCCCC(CCC(=O)O)(CCC(=O)O)[N+](=O)[O-]. The Kier molecular flexibility index (Phi) is 19.9. The molecule has 0 amide bonds. The third-order valence-corrected chi connectivity index (χ3v) is 6.74. The highest BCUT2D eigenvalue weighted by atomic mass is 16.6. The fourth-order valence-electron chi connectivity index (χ4n) is 4.51. The van der Waals surface area contributed by atoms with Crippen molar-refractivity contribution in [3.63, 3.8) is 0 Å². The van der Waals surface area contributed by atoms with Crippen LogP contribution in [0.2, 0.25) is 0 Å². The van der Waals surface area contributed by atoms with Crippen LogP contribution in [-0.2, 0) is 9.59 Å². The Morgan fingerprint density at radius 2 is 0.909 bits per heavy atom. The zero-order chi connectivity index (χ0) is 24.8. The zero-order valence-electron chi connectivity index (χ0n) is 21.0. The molecule has 0 spiro atoms. The Hall–Kier alpha value is -1.66. The molecule has 0 aromatic rings. The van der Waals surface area contributed by atoms with Gasteiger partial charge in [-0.2, -0.15) is 0 Å². The fraction of sp³-hybridized carbons (Fsp3) is 0.923. The second-order valence-electron chi connectivity index (χ2n) is 9.68. The van der Waals surface area contributed by atoms with Crippen molar-refractivity contribution in [3.8, 4) is 0 Å². The largest absolute Gasteiger partial charge is 0.481 e. The third-order valence-electron chi connectivity index (χ3n) is 6.74. The van der Waals surface area contributed by atoms with Crippen molar-refractivity contribution in [3.05, 3.63) is 10.1 Å². The topological polar surface area (TPSA) is 118 Å². The van der Waals surface area contributed by atoms with Crippen molar-refractivity contribution < 1.29 is 24.7 Å². The number of nitro groups is 1. The lowest BCUT2D eigenvalue weighted by atomic mass is 9.83. The number of carboxylic acid groups (broad SMARTS) is 2. The number of carbonyl (C=O) groups is 2. The Bertz CT molecular complexity index is 505. The van der Waals surface area contributed by atoms with Gasteiger partial charge in [-0.15, -0.1) is 0 Å². The summed E-state index contributed by atoms with van der Waals surface area (Å²) in [4.78, 5) is 33.0. The van der Waals surface area contributed by atoms with Gasteiger partial charge in [0.25, 0.3) is 0 Å². The van der Waals surface area contributed by atoms with Crippen LogP contribution < -0.4 is 0 Å². The molecule has 0 aliphatic rings. The molecule has 0 heterocycles. The van der Waals surface area contributed by atoms with E-state index in [4.69, 9.17) is 10.2 Å².